The van der Waals surface area contributed by atoms with Crippen LogP contribution >= 0.6 is 0 Å². The number of carbonyl (C=O) groups is 2. The van der Waals surface area contributed by atoms with Gasteiger partial charge in [0.15, 0.2) is 0 Å². The van der Waals surface area contributed by atoms with E-state index in [-0.39, 0.29) is 17.7 Å². The van der Waals surface area contributed by atoms with Crippen molar-refractivity contribution in [3.8, 4) is 0 Å². The van der Waals surface area contributed by atoms with Crippen molar-refractivity contribution in [2.45, 2.75) is 39.0 Å². The molecule has 2 aromatic rings. The van der Waals surface area contributed by atoms with Gasteiger partial charge in [-0.1, -0.05) is 42.0 Å². The molecular weight excluding hydrogens is 288 g/mol. The molecule has 1 aliphatic carbocycles. The van der Waals surface area contributed by atoms with Crippen LogP contribution in [0.2, 0.25) is 0 Å². The predicted molar refractivity (Wildman–Crippen MR) is 90.4 cm³/mol. The van der Waals surface area contributed by atoms with Crippen LogP contribution in [0.4, 0.5) is 0 Å². The lowest BCUT2D eigenvalue weighted by molar-refractivity contribution is -0.152. The van der Waals surface area contributed by atoms with Gasteiger partial charge in [-0.25, -0.2) is 0 Å². The van der Waals surface area contributed by atoms with E-state index in [0.717, 1.165) is 6.42 Å². The third kappa shape index (κ3) is 3.14. The van der Waals surface area contributed by atoms with E-state index < -0.39 is 5.92 Å². The number of carbonyl (C=O) groups excluding carboxylic acids is 2. The van der Waals surface area contributed by atoms with Crippen LogP contribution in [0.1, 0.15) is 43.2 Å². The fourth-order valence-electron chi connectivity index (χ4n) is 3.61. The summed E-state index contributed by atoms with van der Waals surface area (Å²) in [6, 6.07) is 12.7. The monoisotopic (exact) mass is 310 g/mol. The summed E-state index contributed by atoms with van der Waals surface area (Å²) >= 11 is 0. The summed E-state index contributed by atoms with van der Waals surface area (Å²) in [6.07, 6.45) is 1.87. The summed E-state index contributed by atoms with van der Waals surface area (Å²) in [4.78, 5) is 24.3. The first kappa shape index (κ1) is 15.7. The maximum atomic E-state index is 12.4. The average molecular weight is 310 g/mol. The lowest BCUT2D eigenvalue weighted by Gasteiger charge is -2.27. The van der Waals surface area contributed by atoms with Gasteiger partial charge >= 0.3 is 5.97 Å². The molecule has 0 aliphatic heterocycles. The van der Waals surface area contributed by atoms with Crippen LogP contribution in [0, 0.1) is 12.8 Å². The Morgan fingerprint density at radius 1 is 1.22 bits per heavy atom. The molecule has 0 aromatic heterocycles. The number of ketones is 1. The summed E-state index contributed by atoms with van der Waals surface area (Å²) in [5.41, 5.74) is 2.44. The normalized spacial score (nSPS) is 21.4. The molecule has 1 fully saturated rings. The first-order valence-corrected chi connectivity index (χ1v) is 8.28. The zero-order chi connectivity index (χ0) is 16.4. The molecule has 0 N–H and O–H groups in total. The second-order valence-electron chi connectivity index (χ2n) is 6.32. The van der Waals surface area contributed by atoms with Crippen LogP contribution in [0.25, 0.3) is 10.8 Å². The quantitative estimate of drug-likeness (QED) is 0.631. The van der Waals surface area contributed by atoms with E-state index in [4.69, 9.17) is 4.74 Å². The van der Waals surface area contributed by atoms with Crippen LogP contribution in [-0.2, 0) is 14.3 Å². The number of Topliss-reactive ketones (excluding diaryl/α,β-unsaturated/α-hetero) is 1. The van der Waals surface area contributed by atoms with Crippen molar-refractivity contribution in [1.82, 2.24) is 0 Å². The molecule has 1 saturated carbocycles. The Hall–Kier alpha value is -2.16. The fraction of sp³-hybridized carbons (Fsp3) is 0.400. The van der Waals surface area contributed by atoms with Gasteiger partial charge in [0, 0.05) is 6.42 Å². The Bertz CT molecular complexity index is 748. The van der Waals surface area contributed by atoms with Gasteiger partial charge in [0.25, 0.3) is 0 Å². The molecule has 0 bridgehead atoms. The van der Waals surface area contributed by atoms with Gasteiger partial charge in [-0.15, -0.1) is 0 Å². The first-order valence-electron chi connectivity index (χ1n) is 8.28. The number of hydrogen-bond donors (Lipinski definition) is 0. The molecule has 3 heteroatoms. The number of hydrogen-bond acceptors (Lipinski definition) is 3. The average Bonchev–Trinajstić information content (AvgIpc) is 2.54. The van der Waals surface area contributed by atoms with Gasteiger partial charge < -0.3 is 4.74 Å². The Balaban J connectivity index is 1.88. The summed E-state index contributed by atoms with van der Waals surface area (Å²) in [5, 5.41) is 2.42. The number of esters is 1. The second-order valence-corrected chi connectivity index (χ2v) is 6.32. The van der Waals surface area contributed by atoms with E-state index in [2.05, 4.69) is 31.2 Å². The molecule has 23 heavy (non-hydrogen) atoms. The molecule has 1 aliphatic rings. The number of fused-ring (bicyclic) bond motifs is 1. The minimum absolute atomic E-state index is 0.0188. The van der Waals surface area contributed by atoms with Crippen molar-refractivity contribution in [2.24, 2.45) is 5.92 Å². The van der Waals surface area contributed by atoms with Crippen LogP contribution < -0.4 is 0 Å². The minimum Gasteiger partial charge on any atom is -0.465 e. The molecule has 2 atom stereocenters. The lowest BCUT2D eigenvalue weighted by atomic mass is 9.76. The number of benzene rings is 2. The van der Waals surface area contributed by atoms with E-state index in [1.807, 2.05) is 12.1 Å². The van der Waals surface area contributed by atoms with Crippen LogP contribution in [-0.4, -0.2) is 18.4 Å². The number of aryl methyl sites for hydroxylation is 1. The second kappa shape index (κ2) is 6.53. The van der Waals surface area contributed by atoms with E-state index in [1.165, 1.54) is 21.9 Å². The Morgan fingerprint density at radius 3 is 2.74 bits per heavy atom. The van der Waals surface area contributed by atoms with Crippen molar-refractivity contribution in [1.29, 1.82) is 0 Å². The third-order valence-electron chi connectivity index (χ3n) is 4.69. The molecule has 0 spiro atoms. The summed E-state index contributed by atoms with van der Waals surface area (Å²) in [6.45, 7) is 4.18. The van der Waals surface area contributed by atoms with Crippen LogP contribution in [0.5, 0.6) is 0 Å². The van der Waals surface area contributed by atoms with Gasteiger partial charge in [0.1, 0.15) is 11.7 Å². The SMILES string of the molecule is CCOC(=O)C1CCC(c2cc(C)cc3ccccc23)CC1=O. The van der Waals surface area contributed by atoms with Gasteiger partial charge in [0.2, 0.25) is 0 Å². The van der Waals surface area contributed by atoms with Gasteiger partial charge in [0.05, 0.1) is 6.61 Å². The van der Waals surface area contributed by atoms with Crippen molar-refractivity contribution in [2.75, 3.05) is 6.61 Å². The highest BCUT2D eigenvalue weighted by atomic mass is 16.5. The predicted octanol–water partition coefficient (Wildman–Crippen LogP) is 4.16. The first-order chi connectivity index (χ1) is 11.1. The Kier molecular flexibility index (Phi) is 4.46. The van der Waals surface area contributed by atoms with E-state index >= 15 is 0 Å². The molecule has 0 radical (unpaired) electrons. The molecular formula is C20H22O3. The van der Waals surface area contributed by atoms with Gasteiger partial charge in [-0.3, -0.25) is 9.59 Å². The van der Waals surface area contributed by atoms with Crippen LogP contribution in [0.3, 0.4) is 0 Å². The van der Waals surface area contributed by atoms with Gasteiger partial charge in [-0.2, -0.15) is 0 Å². The maximum absolute atomic E-state index is 12.4. The number of ether oxygens (including phenoxy) is 1. The van der Waals surface area contributed by atoms with E-state index in [0.29, 0.717) is 19.4 Å². The standard InChI is InChI=1S/C20H22O3/c1-3-23-20(22)17-9-8-15(12-19(17)21)18-11-13(2)10-14-6-4-5-7-16(14)18/h4-7,10-11,15,17H,3,8-9,12H2,1-2H3. The lowest BCUT2D eigenvalue weighted by Crippen LogP contribution is -2.31. The van der Waals surface area contributed by atoms with E-state index in [9.17, 15) is 9.59 Å². The number of rotatable bonds is 3. The molecule has 120 valence electrons. The molecule has 2 unspecified atom stereocenters. The highest BCUT2D eigenvalue weighted by molar-refractivity contribution is 6.00. The molecule has 0 amide bonds. The van der Waals surface area contributed by atoms with E-state index in [1.54, 1.807) is 6.92 Å². The fourth-order valence-corrected chi connectivity index (χ4v) is 3.61. The zero-order valence-electron chi connectivity index (χ0n) is 13.7. The molecule has 0 saturated heterocycles. The maximum Gasteiger partial charge on any atom is 0.316 e. The topological polar surface area (TPSA) is 43.4 Å². The van der Waals surface area contributed by atoms with Crippen molar-refractivity contribution >= 4 is 22.5 Å². The summed E-state index contributed by atoms with van der Waals surface area (Å²) < 4.78 is 5.02. The molecule has 2 aromatic carbocycles. The molecule has 3 rings (SSSR count). The summed E-state index contributed by atoms with van der Waals surface area (Å²) in [7, 11) is 0. The molecule has 3 nitrogen and oxygen atoms in total. The minimum atomic E-state index is -0.567. The van der Waals surface area contributed by atoms with Crippen molar-refractivity contribution < 1.29 is 14.3 Å². The van der Waals surface area contributed by atoms with Crippen LogP contribution in [0.15, 0.2) is 36.4 Å². The van der Waals surface area contributed by atoms with Gasteiger partial charge in [-0.05, 0) is 48.9 Å². The van der Waals surface area contributed by atoms with Crippen molar-refractivity contribution in [3.05, 3.63) is 47.5 Å². The summed E-state index contributed by atoms with van der Waals surface area (Å²) in [5.74, 6) is -0.712. The largest absolute Gasteiger partial charge is 0.465 e. The smallest absolute Gasteiger partial charge is 0.316 e. The Labute approximate surface area is 136 Å². The highest BCUT2D eigenvalue weighted by Gasteiger charge is 2.35. The zero-order valence-corrected chi connectivity index (χ0v) is 13.7. The highest BCUT2D eigenvalue weighted by Crippen LogP contribution is 2.38. The third-order valence-corrected chi connectivity index (χ3v) is 4.69. The molecule has 0 heterocycles. The van der Waals surface area contributed by atoms with Crippen molar-refractivity contribution in [3.63, 3.8) is 0 Å². The Morgan fingerprint density at radius 2 is 2.00 bits per heavy atom.